The van der Waals surface area contributed by atoms with Gasteiger partial charge in [0, 0.05) is 19.7 Å². The Hall–Kier alpha value is -1.83. The van der Waals surface area contributed by atoms with E-state index in [-0.39, 0.29) is 0 Å². The lowest BCUT2D eigenvalue weighted by Crippen LogP contribution is -1.97. The van der Waals surface area contributed by atoms with E-state index in [9.17, 15) is 0 Å². The van der Waals surface area contributed by atoms with Crippen LogP contribution in [0, 0.1) is 0 Å². The average Bonchev–Trinajstić information content (AvgIpc) is 2.61. The van der Waals surface area contributed by atoms with Gasteiger partial charge < -0.3 is 4.57 Å². The van der Waals surface area contributed by atoms with Crippen LogP contribution in [0.5, 0.6) is 0 Å². The standard InChI is InChI=1S/C13H14N2/c1-3-12-10-15(2)13(14-12)9-11-7-5-4-6-8-11/h3-8,10H,1,9H2,2H3. The molecule has 1 aromatic carbocycles. The first-order valence-corrected chi connectivity index (χ1v) is 4.98. The zero-order chi connectivity index (χ0) is 10.7. The lowest BCUT2D eigenvalue weighted by Gasteiger charge is -2.00. The Morgan fingerprint density at radius 2 is 2.07 bits per heavy atom. The van der Waals surface area contributed by atoms with E-state index in [1.807, 2.05) is 36.0 Å². The fourth-order valence-corrected chi connectivity index (χ4v) is 1.57. The van der Waals surface area contributed by atoms with Gasteiger partial charge in [-0.25, -0.2) is 4.98 Å². The van der Waals surface area contributed by atoms with Crippen LogP contribution in [0.15, 0.2) is 43.1 Å². The van der Waals surface area contributed by atoms with E-state index >= 15 is 0 Å². The third-order valence-electron chi connectivity index (χ3n) is 2.41. The minimum absolute atomic E-state index is 0.866. The van der Waals surface area contributed by atoms with Gasteiger partial charge in [-0.1, -0.05) is 36.9 Å². The third kappa shape index (κ3) is 2.15. The predicted molar refractivity (Wildman–Crippen MR) is 62.5 cm³/mol. The number of aryl methyl sites for hydroxylation is 1. The summed E-state index contributed by atoms with van der Waals surface area (Å²) in [6, 6.07) is 10.3. The van der Waals surface area contributed by atoms with E-state index in [4.69, 9.17) is 0 Å². The topological polar surface area (TPSA) is 17.8 Å². The maximum absolute atomic E-state index is 4.47. The van der Waals surface area contributed by atoms with Gasteiger partial charge in [0.1, 0.15) is 5.82 Å². The summed E-state index contributed by atoms with van der Waals surface area (Å²) in [6.45, 7) is 3.72. The molecular weight excluding hydrogens is 184 g/mol. The van der Waals surface area contributed by atoms with Crippen LogP contribution in [0.1, 0.15) is 17.1 Å². The first-order valence-electron chi connectivity index (χ1n) is 4.98. The van der Waals surface area contributed by atoms with Gasteiger partial charge in [-0.15, -0.1) is 0 Å². The second kappa shape index (κ2) is 4.13. The molecular formula is C13H14N2. The smallest absolute Gasteiger partial charge is 0.113 e. The molecule has 0 saturated carbocycles. The largest absolute Gasteiger partial charge is 0.337 e. The Bertz CT molecular complexity index is 455. The van der Waals surface area contributed by atoms with Gasteiger partial charge in [0.05, 0.1) is 5.69 Å². The second-order valence-corrected chi connectivity index (χ2v) is 3.56. The van der Waals surface area contributed by atoms with Crippen molar-refractivity contribution < 1.29 is 0 Å². The van der Waals surface area contributed by atoms with Gasteiger partial charge >= 0.3 is 0 Å². The molecule has 0 radical (unpaired) electrons. The molecule has 76 valence electrons. The van der Waals surface area contributed by atoms with E-state index in [1.165, 1.54) is 5.56 Å². The summed E-state index contributed by atoms with van der Waals surface area (Å²) < 4.78 is 2.05. The molecule has 1 aromatic heterocycles. The van der Waals surface area contributed by atoms with Crippen LogP contribution in [0.2, 0.25) is 0 Å². The molecule has 0 bridgehead atoms. The molecule has 2 nitrogen and oxygen atoms in total. The van der Waals surface area contributed by atoms with Crippen LogP contribution in [-0.2, 0) is 13.5 Å². The molecule has 2 aromatic rings. The van der Waals surface area contributed by atoms with Crippen LogP contribution >= 0.6 is 0 Å². The minimum Gasteiger partial charge on any atom is -0.337 e. The van der Waals surface area contributed by atoms with Gasteiger partial charge in [-0.05, 0) is 11.6 Å². The highest BCUT2D eigenvalue weighted by Crippen LogP contribution is 2.09. The monoisotopic (exact) mass is 198 g/mol. The summed E-state index contributed by atoms with van der Waals surface area (Å²) in [7, 11) is 2.01. The zero-order valence-corrected chi connectivity index (χ0v) is 8.85. The first-order chi connectivity index (χ1) is 7.29. The highest BCUT2D eigenvalue weighted by molar-refractivity contribution is 5.40. The Kier molecular flexibility index (Phi) is 2.68. The maximum Gasteiger partial charge on any atom is 0.113 e. The van der Waals surface area contributed by atoms with Crippen molar-refractivity contribution in [3.63, 3.8) is 0 Å². The highest BCUT2D eigenvalue weighted by atomic mass is 15.0. The number of imidazole rings is 1. The molecule has 15 heavy (non-hydrogen) atoms. The Morgan fingerprint density at radius 1 is 1.33 bits per heavy atom. The van der Waals surface area contributed by atoms with Crippen LogP contribution in [0.25, 0.3) is 6.08 Å². The molecule has 0 spiro atoms. The van der Waals surface area contributed by atoms with Gasteiger partial charge in [0.2, 0.25) is 0 Å². The number of rotatable bonds is 3. The molecule has 0 N–H and O–H groups in total. The van der Waals surface area contributed by atoms with Crippen molar-refractivity contribution in [2.45, 2.75) is 6.42 Å². The number of aromatic nitrogens is 2. The fourth-order valence-electron chi connectivity index (χ4n) is 1.57. The Morgan fingerprint density at radius 3 is 2.67 bits per heavy atom. The zero-order valence-electron chi connectivity index (χ0n) is 8.85. The van der Waals surface area contributed by atoms with Crippen LogP contribution in [0.3, 0.4) is 0 Å². The number of nitrogens with zero attached hydrogens (tertiary/aromatic N) is 2. The molecule has 0 fully saturated rings. The molecule has 0 atom stereocenters. The van der Waals surface area contributed by atoms with Crippen LogP contribution < -0.4 is 0 Å². The summed E-state index contributed by atoms with van der Waals surface area (Å²) in [5, 5.41) is 0. The van der Waals surface area contributed by atoms with Crippen LogP contribution in [-0.4, -0.2) is 9.55 Å². The molecule has 2 heteroatoms. The minimum atomic E-state index is 0.866. The van der Waals surface area contributed by atoms with Crippen molar-refractivity contribution in [2.24, 2.45) is 7.05 Å². The van der Waals surface area contributed by atoms with Crippen molar-refractivity contribution in [3.05, 3.63) is 60.2 Å². The highest BCUT2D eigenvalue weighted by Gasteiger charge is 2.03. The van der Waals surface area contributed by atoms with E-state index in [2.05, 4.69) is 23.7 Å². The van der Waals surface area contributed by atoms with Gasteiger partial charge in [-0.3, -0.25) is 0 Å². The molecule has 0 aliphatic rings. The molecule has 0 amide bonds. The second-order valence-electron chi connectivity index (χ2n) is 3.56. The number of benzene rings is 1. The number of hydrogen-bond acceptors (Lipinski definition) is 1. The van der Waals surface area contributed by atoms with Crippen molar-refractivity contribution >= 4 is 6.08 Å². The predicted octanol–water partition coefficient (Wildman–Crippen LogP) is 2.65. The average molecular weight is 198 g/mol. The fraction of sp³-hybridized carbons (Fsp3) is 0.154. The normalized spacial score (nSPS) is 10.2. The van der Waals surface area contributed by atoms with E-state index in [0.717, 1.165) is 17.9 Å². The van der Waals surface area contributed by atoms with Gasteiger partial charge in [0.25, 0.3) is 0 Å². The molecule has 0 unspecified atom stereocenters. The van der Waals surface area contributed by atoms with Crippen molar-refractivity contribution in [1.29, 1.82) is 0 Å². The first kappa shape index (κ1) is 9.71. The summed E-state index contributed by atoms with van der Waals surface area (Å²) in [6.07, 6.45) is 4.63. The quantitative estimate of drug-likeness (QED) is 0.741. The molecule has 0 saturated heterocycles. The molecule has 1 heterocycles. The summed E-state index contributed by atoms with van der Waals surface area (Å²) in [5.41, 5.74) is 2.21. The molecule has 0 aliphatic carbocycles. The van der Waals surface area contributed by atoms with Crippen molar-refractivity contribution in [1.82, 2.24) is 9.55 Å². The Labute approximate surface area is 89.9 Å². The summed E-state index contributed by atoms with van der Waals surface area (Å²) in [4.78, 5) is 4.47. The molecule has 2 rings (SSSR count). The Balaban J connectivity index is 2.24. The van der Waals surface area contributed by atoms with Gasteiger partial charge in [0.15, 0.2) is 0 Å². The maximum atomic E-state index is 4.47. The molecule has 0 aliphatic heterocycles. The van der Waals surface area contributed by atoms with Crippen molar-refractivity contribution in [2.75, 3.05) is 0 Å². The number of hydrogen-bond donors (Lipinski definition) is 0. The van der Waals surface area contributed by atoms with Gasteiger partial charge in [-0.2, -0.15) is 0 Å². The summed E-state index contributed by atoms with van der Waals surface area (Å²) in [5.74, 6) is 1.07. The van der Waals surface area contributed by atoms with Crippen molar-refractivity contribution in [3.8, 4) is 0 Å². The third-order valence-corrected chi connectivity index (χ3v) is 2.41. The summed E-state index contributed by atoms with van der Waals surface area (Å²) >= 11 is 0. The van der Waals surface area contributed by atoms with E-state index in [0.29, 0.717) is 0 Å². The lowest BCUT2D eigenvalue weighted by molar-refractivity contribution is 0.822. The van der Waals surface area contributed by atoms with E-state index in [1.54, 1.807) is 6.08 Å². The lowest BCUT2D eigenvalue weighted by atomic mass is 10.1. The SMILES string of the molecule is C=Cc1cn(C)c(Cc2ccccc2)n1. The van der Waals surface area contributed by atoms with Crippen LogP contribution in [0.4, 0.5) is 0 Å². The van der Waals surface area contributed by atoms with E-state index < -0.39 is 0 Å².